The molecule has 0 aliphatic rings. The number of nitrogens with two attached hydrogens (primary N) is 1. The molecule has 2 N–H and O–H groups in total. The van der Waals surface area contributed by atoms with E-state index in [4.69, 9.17) is 5.73 Å². The number of primary amides is 1. The van der Waals surface area contributed by atoms with Gasteiger partial charge in [-0.3, -0.25) is 4.79 Å². The lowest BCUT2D eigenvalue weighted by molar-refractivity contribution is 0.0996. The predicted molar refractivity (Wildman–Crippen MR) is 47.6 cm³/mol. The molecule has 5 heteroatoms. The Hall–Kier alpha value is -0.720. The van der Waals surface area contributed by atoms with Crippen LogP contribution in [0.2, 0.25) is 0 Å². The molecule has 1 aromatic rings. The van der Waals surface area contributed by atoms with E-state index in [0.29, 0.717) is 0 Å². The van der Waals surface area contributed by atoms with E-state index in [2.05, 4.69) is 0 Å². The van der Waals surface area contributed by atoms with Crippen LogP contribution >= 0.6 is 22.6 Å². The molecule has 0 aromatic heterocycles. The average molecular weight is 283 g/mol. The van der Waals surface area contributed by atoms with E-state index in [1.54, 1.807) is 0 Å². The van der Waals surface area contributed by atoms with E-state index in [1.165, 1.54) is 22.6 Å². The Morgan fingerprint density at radius 2 is 2.00 bits per heavy atom. The maximum Gasteiger partial charge on any atom is 0.251 e. The molecule has 2 nitrogen and oxygen atoms in total. The largest absolute Gasteiger partial charge is 0.366 e. The first kappa shape index (κ1) is 9.37. The Morgan fingerprint density at radius 3 is 2.50 bits per heavy atom. The van der Waals surface area contributed by atoms with Gasteiger partial charge in [0, 0.05) is 0 Å². The summed E-state index contributed by atoms with van der Waals surface area (Å²) in [4.78, 5) is 10.5. The van der Waals surface area contributed by atoms with Crippen molar-refractivity contribution in [2.75, 3.05) is 0 Å². The van der Waals surface area contributed by atoms with Crippen molar-refractivity contribution in [1.29, 1.82) is 0 Å². The van der Waals surface area contributed by atoms with Crippen LogP contribution in [-0.2, 0) is 0 Å². The fourth-order valence-electron chi connectivity index (χ4n) is 0.716. The molecule has 0 bridgehead atoms. The van der Waals surface area contributed by atoms with Gasteiger partial charge in [0.2, 0.25) is 0 Å². The van der Waals surface area contributed by atoms with Gasteiger partial charge in [-0.2, -0.15) is 0 Å². The number of carbonyl (C=O) groups is 1. The van der Waals surface area contributed by atoms with Gasteiger partial charge in [-0.15, -0.1) is 0 Å². The van der Waals surface area contributed by atoms with E-state index in [1.807, 2.05) is 0 Å². The monoisotopic (exact) mass is 283 g/mol. The summed E-state index contributed by atoms with van der Waals surface area (Å²) >= 11 is 1.47. The number of hydrogen-bond donors (Lipinski definition) is 1. The minimum atomic E-state index is -0.900. The van der Waals surface area contributed by atoms with Crippen LogP contribution in [0.4, 0.5) is 8.78 Å². The van der Waals surface area contributed by atoms with Gasteiger partial charge in [-0.1, -0.05) is 0 Å². The van der Waals surface area contributed by atoms with E-state index in [9.17, 15) is 13.6 Å². The highest BCUT2D eigenvalue weighted by Crippen LogP contribution is 2.18. The van der Waals surface area contributed by atoms with Crippen molar-refractivity contribution >= 4 is 28.5 Å². The maximum atomic E-state index is 13.0. The molecule has 0 spiro atoms. The lowest BCUT2D eigenvalue weighted by Crippen LogP contribution is -2.14. The van der Waals surface area contributed by atoms with Crippen LogP contribution in [0.5, 0.6) is 0 Å². The quantitative estimate of drug-likeness (QED) is 0.618. The lowest BCUT2D eigenvalue weighted by atomic mass is 10.2. The summed E-state index contributed by atoms with van der Waals surface area (Å²) in [5.74, 6) is -2.49. The summed E-state index contributed by atoms with van der Waals surface area (Å²) in [5, 5.41) is 0. The van der Waals surface area contributed by atoms with Gasteiger partial charge in [0.1, 0.15) is 5.82 Å². The van der Waals surface area contributed by atoms with Gasteiger partial charge >= 0.3 is 0 Å². The molecule has 12 heavy (non-hydrogen) atoms. The Morgan fingerprint density at radius 1 is 1.42 bits per heavy atom. The van der Waals surface area contributed by atoms with Gasteiger partial charge in [0.15, 0.2) is 5.82 Å². The van der Waals surface area contributed by atoms with Gasteiger partial charge < -0.3 is 5.73 Å². The van der Waals surface area contributed by atoms with Crippen molar-refractivity contribution in [2.45, 2.75) is 0 Å². The number of halogens is 3. The number of benzene rings is 1. The maximum absolute atomic E-state index is 13.0. The molecular formula is C7H4F2INO. The van der Waals surface area contributed by atoms with E-state index >= 15 is 0 Å². The van der Waals surface area contributed by atoms with Crippen LogP contribution in [0.15, 0.2) is 12.1 Å². The average Bonchev–Trinajstić information content (AvgIpc) is 2.00. The van der Waals surface area contributed by atoms with Crippen LogP contribution in [-0.4, -0.2) is 5.91 Å². The fourth-order valence-corrected chi connectivity index (χ4v) is 1.19. The molecule has 0 radical (unpaired) electrons. The zero-order chi connectivity index (χ0) is 9.30. The second-order valence-corrected chi connectivity index (χ2v) is 3.17. The standard InChI is InChI=1S/C7H4F2INO/c8-4-2-1-3(7(11)12)5(9)6(4)10/h1-2H,(H2,11,12). The summed E-state index contributed by atoms with van der Waals surface area (Å²) in [5.41, 5.74) is 4.54. The first-order chi connectivity index (χ1) is 5.54. The molecule has 0 heterocycles. The Bertz CT molecular complexity index is 340. The molecule has 0 saturated heterocycles. The van der Waals surface area contributed by atoms with Gasteiger partial charge in [0.25, 0.3) is 5.91 Å². The Balaban J connectivity index is 3.36. The zero-order valence-electron chi connectivity index (χ0n) is 5.77. The molecule has 0 aliphatic heterocycles. The fraction of sp³-hybridized carbons (Fsp3) is 0. The van der Waals surface area contributed by atoms with E-state index in [0.717, 1.165) is 12.1 Å². The molecular weight excluding hydrogens is 279 g/mol. The van der Waals surface area contributed by atoms with Gasteiger partial charge in [0.05, 0.1) is 9.13 Å². The number of amides is 1. The van der Waals surface area contributed by atoms with Crippen molar-refractivity contribution in [2.24, 2.45) is 5.73 Å². The van der Waals surface area contributed by atoms with Crippen LogP contribution in [0.25, 0.3) is 0 Å². The van der Waals surface area contributed by atoms with Crippen molar-refractivity contribution in [3.63, 3.8) is 0 Å². The summed E-state index contributed by atoms with van der Waals surface area (Å²) in [6.45, 7) is 0. The summed E-state index contributed by atoms with van der Waals surface area (Å²) in [7, 11) is 0. The highest BCUT2D eigenvalue weighted by atomic mass is 127. The number of rotatable bonds is 1. The molecule has 0 saturated carbocycles. The third kappa shape index (κ3) is 1.55. The predicted octanol–water partition coefficient (Wildman–Crippen LogP) is 1.67. The molecule has 1 aromatic carbocycles. The molecule has 0 unspecified atom stereocenters. The first-order valence-corrected chi connectivity index (χ1v) is 4.05. The van der Waals surface area contributed by atoms with E-state index < -0.39 is 17.5 Å². The smallest absolute Gasteiger partial charge is 0.251 e. The van der Waals surface area contributed by atoms with Crippen molar-refractivity contribution in [1.82, 2.24) is 0 Å². The lowest BCUT2D eigenvalue weighted by Gasteiger charge is -2.00. The third-order valence-corrected chi connectivity index (χ3v) is 2.29. The SMILES string of the molecule is NC(=O)c1ccc(F)c(I)c1F. The Labute approximate surface area is 80.9 Å². The topological polar surface area (TPSA) is 43.1 Å². The summed E-state index contributed by atoms with van der Waals surface area (Å²) < 4.78 is 25.4. The highest BCUT2D eigenvalue weighted by molar-refractivity contribution is 14.1. The number of carbonyl (C=O) groups excluding carboxylic acids is 1. The van der Waals surface area contributed by atoms with Crippen LogP contribution < -0.4 is 5.73 Å². The normalized spacial score (nSPS) is 9.92. The van der Waals surface area contributed by atoms with E-state index in [-0.39, 0.29) is 9.13 Å². The van der Waals surface area contributed by atoms with Gasteiger partial charge in [-0.25, -0.2) is 8.78 Å². The van der Waals surface area contributed by atoms with Crippen LogP contribution in [0.1, 0.15) is 10.4 Å². The molecule has 0 aliphatic carbocycles. The first-order valence-electron chi connectivity index (χ1n) is 2.97. The molecule has 1 rings (SSSR count). The minimum absolute atomic E-state index is 0.219. The third-order valence-electron chi connectivity index (χ3n) is 1.30. The van der Waals surface area contributed by atoms with Gasteiger partial charge in [-0.05, 0) is 34.7 Å². The minimum Gasteiger partial charge on any atom is -0.366 e. The van der Waals surface area contributed by atoms with Crippen molar-refractivity contribution in [3.8, 4) is 0 Å². The molecule has 0 fully saturated rings. The van der Waals surface area contributed by atoms with Crippen LogP contribution in [0, 0.1) is 15.2 Å². The van der Waals surface area contributed by atoms with Crippen molar-refractivity contribution < 1.29 is 13.6 Å². The Kier molecular flexibility index (Phi) is 2.61. The second kappa shape index (κ2) is 3.34. The number of hydrogen-bond acceptors (Lipinski definition) is 1. The molecule has 0 atom stereocenters. The second-order valence-electron chi connectivity index (χ2n) is 2.09. The van der Waals surface area contributed by atoms with Crippen LogP contribution in [0.3, 0.4) is 0 Å². The van der Waals surface area contributed by atoms with Crippen molar-refractivity contribution in [3.05, 3.63) is 32.9 Å². The highest BCUT2D eigenvalue weighted by Gasteiger charge is 2.14. The summed E-state index contributed by atoms with van der Waals surface area (Å²) in [6.07, 6.45) is 0. The molecule has 1 amide bonds. The molecule has 64 valence electrons. The zero-order valence-corrected chi connectivity index (χ0v) is 7.93. The summed E-state index contributed by atoms with van der Waals surface area (Å²) in [6, 6.07) is 2.03.